The van der Waals surface area contributed by atoms with Crippen LogP contribution in [-0.2, 0) is 6.54 Å². The van der Waals surface area contributed by atoms with Gasteiger partial charge < -0.3 is 5.32 Å². The lowest BCUT2D eigenvalue weighted by Gasteiger charge is -2.01. The summed E-state index contributed by atoms with van der Waals surface area (Å²) in [5.74, 6) is -0.684. The molecular weight excluding hydrogens is 285 g/mol. The minimum absolute atomic E-state index is 0.181. The highest BCUT2D eigenvalue weighted by molar-refractivity contribution is 5.91. The molecule has 2 heterocycles. The van der Waals surface area contributed by atoms with Gasteiger partial charge in [0.1, 0.15) is 5.82 Å². The molecule has 1 aromatic carbocycles. The highest BCUT2D eigenvalue weighted by Gasteiger charge is 2.11. The lowest BCUT2D eigenvalue weighted by Crippen LogP contribution is -2.23. The number of rotatable bonds is 4. The molecule has 0 unspecified atom stereocenters. The number of carbonyl (C=O) groups is 1. The Labute approximate surface area is 125 Å². The summed E-state index contributed by atoms with van der Waals surface area (Å²) in [4.78, 5) is 16.1. The molecule has 3 rings (SSSR count). The monoisotopic (exact) mass is 297 g/mol. The molecule has 6 nitrogen and oxygen atoms in total. The fourth-order valence-corrected chi connectivity index (χ4v) is 1.85. The summed E-state index contributed by atoms with van der Waals surface area (Å²) < 4.78 is 14.3. The van der Waals surface area contributed by atoms with Crippen LogP contribution in [0.2, 0.25) is 0 Å². The molecule has 0 aliphatic carbocycles. The van der Waals surface area contributed by atoms with E-state index in [2.05, 4.69) is 20.6 Å². The van der Waals surface area contributed by atoms with Crippen LogP contribution in [0.1, 0.15) is 16.2 Å². The Hall–Kier alpha value is -3.09. The van der Waals surface area contributed by atoms with E-state index in [-0.39, 0.29) is 17.4 Å². The minimum atomic E-state index is -0.348. The van der Waals surface area contributed by atoms with Crippen molar-refractivity contribution in [2.24, 2.45) is 0 Å². The second-order valence-corrected chi connectivity index (χ2v) is 4.53. The van der Waals surface area contributed by atoms with E-state index in [4.69, 9.17) is 0 Å². The maximum atomic E-state index is 12.9. The van der Waals surface area contributed by atoms with Crippen molar-refractivity contribution in [3.63, 3.8) is 0 Å². The summed E-state index contributed by atoms with van der Waals surface area (Å²) >= 11 is 0. The standard InChI is InChI=1S/C15H12FN5O/c16-11-4-6-13(7-5-11)21-10-14(19-20-21)15(22)18-9-12-3-1-2-8-17-12/h1-8,10H,9H2,(H,18,22). The molecule has 2 aromatic heterocycles. The van der Waals surface area contributed by atoms with Gasteiger partial charge >= 0.3 is 0 Å². The number of hydrogen-bond donors (Lipinski definition) is 1. The topological polar surface area (TPSA) is 72.7 Å². The van der Waals surface area contributed by atoms with Gasteiger partial charge in [0.15, 0.2) is 5.69 Å². The highest BCUT2D eigenvalue weighted by atomic mass is 19.1. The quantitative estimate of drug-likeness (QED) is 0.796. The van der Waals surface area contributed by atoms with Gasteiger partial charge in [0.05, 0.1) is 24.1 Å². The Morgan fingerprint density at radius 2 is 2.00 bits per heavy atom. The van der Waals surface area contributed by atoms with Crippen molar-refractivity contribution in [1.82, 2.24) is 25.3 Å². The van der Waals surface area contributed by atoms with E-state index in [0.29, 0.717) is 12.2 Å². The van der Waals surface area contributed by atoms with Crippen LogP contribution in [0.5, 0.6) is 0 Å². The Bertz CT molecular complexity index is 770. The van der Waals surface area contributed by atoms with Crippen molar-refractivity contribution in [1.29, 1.82) is 0 Å². The van der Waals surface area contributed by atoms with Gasteiger partial charge in [0, 0.05) is 6.20 Å². The number of hydrogen-bond acceptors (Lipinski definition) is 4. The molecule has 0 bridgehead atoms. The van der Waals surface area contributed by atoms with E-state index in [1.165, 1.54) is 23.0 Å². The summed E-state index contributed by atoms with van der Waals surface area (Å²) in [6.07, 6.45) is 3.15. The Balaban J connectivity index is 1.68. The number of nitrogens with zero attached hydrogens (tertiary/aromatic N) is 4. The first kappa shape index (κ1) is 13.9. The van der Waals surface area contributed by atoms with Gasteiger partial charge in [-0.2, -0.15) is 0 Å². The van der Waals surface area contributed by atoms with Crippen LogP contribution < -0.4 is 5.32 Å². The smallest absolute Gasteiger partial charge is 0.273 e. The van der Waals surface area contributed by atoms with E-state index in [1.807, 2.05) is 12.1 Å². The van der Waals surface area contributed by atoms with Crippen LogP contribution in [0, 0.1) is 5.82 Å². The zero-order valence-electron chi connectivity index (χ0n) is 11.5. The molecule has 0 fully saturated rings. The third-order valence-electron chi connectivity index (χ3n) is 2.97. The molecule has 0 saturated carbocycles. The van der Waals surface area contributed by atoms with Crippen LogP contribution in [0.4, 0.5) is 4.39 Å². The zero-order valence-corrected chi connectivity index (χ0v) is 11.5. The second-order valence-electron chi connectivity index (χ2n) is 4.53. The van der Waals surface area contributed by atoms with E-state index in [0.717, 1.165) is 5.69 Å². The van der Waals surface area contributed by atoms with Gasteiger partial charge in [-0.15, -0.1) is 5.10 Å². The van der Waals surface area contributed by atoms with Crippen molar-refractivity contribution in [2.75, 3.05) is 0 Å². The molecule has 1 amide bonds. The number of carbonyl (C=O) groups excluding carboxylic acids is 1. The molecule has 0 saturated heterocycles. The largest absolute Gasteiger partial charge is 0.345 e. The molecule has 110 valence electrons. The van der Waals surface area contributed by atoms with Gasteiger partial charge in [-0.1, -0.05) is 11.3 Å². The zero-order chi connectivity index (χ0) is 15.4. The van der Waals surface area contributed by atoms with Crippen molar-refractivity contribution < 1.29 is 9.18 Å². The van der Waals surface area contributed by atoms with E-state index in [1.54, 1.807) is 24.4 Å². The summed E-state index contributed by atoms with van der Waals surface area (Å²) in [5, 5.41) is 10.4. The Morgan fingerprint density at radius 1 is 1.18 bits per heavy atom. The van der Waals surface area contributed by atoms with Crippen LogP contribution in [0.3, 0.4) is 0 Å². The normalized spacial score (nSPS) is 10.4. The van der Waals surface area contributed by atoms with Gasteiger partial charge in [0.2, 0.25) is 0 Å². The fourth-order valence-electron chi connectivity index (χ4n) is 1.85. The van der Waals surface area contributed by atoms with Crippen molar-refractivity contribution >= 4 is 5.91 Å². The average molecular weight is 297 g/mol. The third kappa shape index (κ3) is 3.14. The van der Waals surface area contributed by atoms with Crippen molar-refractivity contribution in [3.8, 4) is 5.69 Å². The number of benzene rings is 1. The van der Waals surface area contributed by atoms with Gasteiger partial charge in [0.25, 0.3) is 5.91 Å². The van der Waals surface area contributed by atoms with E-state index >= 15 is 0 Å². The van der Waals surface area contributed by atoms with Crippen molar-refractivity contribution in [2.45, 2.75) is 6.54 Å². The number of aromatic nitrogens is 4. The number of pyridine rings is 1. The van der Waals surface area contributed by atoms with Crippen molar-refractivity contribution in [3.05, 3.63) is 72.1 Å². The molecular formula is C15H12FN5O. The molecule has 1 N–H and O–H groups in total. The van der Waals surface area contributed by atoms with Crippen LogP contribution in [0.15, 0.2) is 54.9 Å². The van der Waals surface area contributed by atoms with Crippen LogP contribution in [-0.4, -0.2) is 25.9 Å². The first-order valence-electron chi connectivity index (χ1n) is 6.59. The number of nitrogens with one attached hydrogen (secondary N) is 1. The molecule has 0 radical (unpaired) electrons. The average Bonchev–Trinajstić information content (AvgIpc) is 3.04. The summed E-state index contributed by atoms with van der Waals surface area (Å²) in [5.41, 5.74) is 1.56. The maximum Gasteiger partial charge on any atom is 0.273 e. The third-order valence-corrected chi connectivity index (χ3v) is 2.97. The van der Waals surface area contributed by atoms with Gasteiger partial charge in [-0.05, 0) is 36.4 Å². The molecule has 0 aliphatic heterocycles. The van der Waals surface area contributed by atoms with Gasteiger partial charge in [-0.3, -0.25) is 9.78 Å². The molecule has 3 aromatic rings. The lowest BCUT2D eigenvalue weighted by molar-refractivity contribution is 0.0945. The Kier molecular flexibility index (Phi) is 3.86. The SMILES string of the molecule is O=C(NCc1ccccn1)c1cn(-c2ccc(F)cc2)nn1. The van der Waals surface area contributed by atoms with E-state index in [9.17, 15) is 9.18 Å². The molecule has 0 spiro atoms. The van der Waals surface area contributed by atoms with Crippen LogP contribution >= 0.6 is 0 Å². The van der Waals surface area contributed by atoms with Crippen LogP contribution in [0.25, 0.3) is 5.69 Å². The van der Waals surface area contributed by atoms with Gasteiger partial charge in [-0.25, -0.2) is 9.07 Å². The number of halogens is 1. The highest BCUT2D eigenvalue weighted by Crippen LogP contribution is 2.08. The summed E-state index contributed by atoms with van der Waals surface area (Å²) in [6.45, 7) is 0.309. The molecule has 0 aliphatic rings. The lowest BCUT2D eigenvalue weighted by atomic mass is 10.3. The predicted molar refractivity (Wildman–Crippen MR) is 76.7 cm³/mol. The molecule has 7 heteroatoms. The number of amides is 1. The summed E-state index contributed by atoms with van der Waals surface area (Å²) in [6, 6.07) is 11.2. The predicted octanol–water partition coefficient (Wildman–Crippen LogP) is 1.73. The fraction of sp³-hybridized carbons (Fsp3) is 0.0667. The van der Waals surface area contributed by atoms with E-state index < -0.39 is 0 Å². The maximum absolute atomic E-state index is 12.9. The Morgan fingerprint density at radius 3 is 2.73 bits per heavy atom. The molecule has 22 heavy (non-hydrogen) atoms. The molecule has 0 atom stereocenters. The first-order valence-corrected chi connectivity index (χ1v) is 6.59. The minimum Gasteiger partial charge on any atom is -0.345 e. The summed E-state index contributed by atoms with van der Waals surface area (Å²) in [7, 11) is 0. The second kappa shape index (κ2) is 6.13. The first-order chi connectivity index (χ1) is 10.7.